The van der Waals surface area contributed by atoms with E-state index in [1.165, 1.54) is 5.56 Å². The number of methoxy groups -OCH3 is 2. The molecule has 13 nitrogen and oxygen atoms in total. The minimum Gasteiger partial charge on any atom is -0.496 e. The van der Waals surface area contributed by atoms with Gasteiger partial charge in [0.1, 0.15) is 11.5 Å². The number of carboxylic acid groups (broad SMARTS) is 1. The molecule has 0 aliphatic heterocycles. The molecule has 0 spiro atoms. The maximum atomic E-state index is 14.2. The van der Waals surface area contributed by atoms with E-state index in [9.17, 15) is 19.5 Å². The number of benzene rings is 3. The van der Waals surface area contributed by atoms with Crippen LogP contribution in [-0.4, -0.2) is 120 Å². The summed E-state index contributed by atoms with van der Waals surface area (Å²) in [5.41, 5.74) is 4.08. The minimum absolute atomic E-state index is 0.00848. The van der Waals surface area contributed by atoms with E-state index in [1.807, 2.05) is 52.2 Å². The molecule has 2 atom stereocenters. The lowest BCUT2D eigenvalue weighted by Gasteiger charge is -2.39. The molecule has 1 saturated carbocycles. The molecule has 1 fully saturated rings. The third-order valence-corrected chi connectivity index (χ3v) is 12.6. The summed E-state index contributed by atoms with van der Waals surface area (Å²) in [6.07, 6.45) is 4.04. The van der Waals surface area contributed by atoms with Crippen LogP contribution in [0, 0.1) is 12.8 Å². The molecule has 2 amide bonds. The quantitative estimate of drug-likeness (QED) is 0.0618. The van der Waals surface area contributed by atoms with Gasteiger partial charge < -0.3 is 39.9 Å². The van der Waals surface area contributed by atoms with E-state index in [0.29, 0.717) is 70.0 Å². The minimum atomic E-state index is -1.62. The summed E-state index contributed by atoms with van der Waals surface area (Å²) < 4.78 is 13.2. The summed E-state index contributed by atoms with van der Waals surface area (Å²) in [6, 6.07) is 20.7. The highest BCUT2D eigenvalue weighted by atomic mass is 32.1. The highest BCUT2D eigenvalue weighted by Crippen LogP contribution is 2.42. The zero-order valence-corrected chi connectivity index (χ0v) is 39.2. The van der Waals surface area contributed by atoms with Crippen molar-refractivity contribution in [3.05, 3.63) is 101 Å². The van der Waals surface area contributed by atoms with Gasteiger partial charge in [0.25, 0.3) is 11.8 Å². The Balaban J connectivity index is 1.32. The monoisotopic (exact) mass is 879 g/mol. The van der Waals surface area contributed by atoms with Crippen LogP contribution in [0.5, 0.6) is 11.5 Å². The van der Waals surface area contributed by atoms with Gasteiger partial charge in [0.2, 0.25) is 0 Å². The Morgan fingerprint density at radius 3 is 2.16 bits per heavy atom. The zero-order valence-electron chi connectivity index (χ0n) is 38.4. The van der Waals surface area contributed by atoms with Gasteiger partial charge in [-0.25, -0.2) is 9.48 Å². The van der Waals surface area contributed by atoms with Crippen LogP contribution in [0.15, 0.2) is 78.9 Å². The summed E-state index contributed by atoms with van der Waals surface area (Å²) in [5, 5.41) is 22.1. The number of anilines is 1. The predicted octanol–water partition coefficient (Wildman–Crippen LogP) is 8.42. The van der Waals surface area contributed by atoms with Crippen LogP contribution in [0.4, 0.5) is 5.69 Å². The Bertz CT molecular complexity index is 2250. The van der Waals surface area contributed by atoms with Gasteiger partial charge in [0.15, 0.2) is 16.3 Å². The average molecular weight is 880 g/mol. The number of nitrogens with one attached hydrogen (secondary N) is 2. The van der Waals surface area contributed by atoms with Crippen LogP contribution >= 0.6 is 12.2 Å². The molecule has 5 rings (SSSR count). The molecule has 1 aromatic heterocycles. The van der Waals surface area contributed by atoms with E-state index in [1.54, 1.807) is 54.1 Å². The van der Waals surface area contributed by atoms with Crippen LogP contribution in [0.3, 0.4) is 0 Å². The van der Waals surface area contributed by atoms with Gasteiger partial charge in [0, 0.05) is 38.4 Å². The first-order valence-corrected chi connectivity index (χ1v) is 22.2. The molecule has 0 saturated heterocycles. The number of rotatable bonds is 19. The van der Waals surface area contributed by atoms with Gasteiger partial charge in [-0.05, 0) is 143 Å². The summed E-state index contributed by atoms with van der Waals surface area (Å²) >= 11 is 5.60. The number of carboxylic acids is 1. The Morgan fingerprint density at radius 1 is 0.952 bits per heavy atom. The number of hydrogen-bond acceptors (Lipinski definition) is 8. The molecule has 63 heavy (non-hydrogen) atoms. The summed E-state index contributed by atoms with van der Waals surface area (Å²) in [6.45, 7) is 15.4. The van der Waals surface area contributed by atoms with Crippen molar-refractivity contribution < 1.29 is 29.0 Å². The fraction of sp³-hybridized carbons (Fsp3) is 0.449. The fourth-order valence-electron chi connectivity index (χ4n) is 8.14. The Kier molecular flexibility index (Phi) is 16.5. The first-order valence-electron chi connectivity index (χ1n) is 21.8. The van der Waals surface area contributed by atoms with Gasteiger partial charge in [-0.15, -0.1) is 0 Å². The van der Waals surface area contributed by atoms with E-state index in [0.717, 1.165) is 50.1 Å². The molecule has 0 radical (unpaired) electrons. The molecule has 2 unspecified atom stereocenters. The van der Waals surface area contributed by atoms with Crippen molar-refractivity contribution in [3.63, 3.8) is 0 Å². The van der Waals surface area contributed by atoms with Crippen LogP contribution in [0.1, 0.15) is 97.2 Å². The number of aliphatic carboxylic acids is 1. The number of carbonyl (C=O) groups is 3. The number of aromatic nitrogens is 2. The van der Waals surface area contributed by atoms with Gasteiger partial charge in [-0.2, -0.15) is 5.10 Å². The molecular formula is C49H65N7O6S. The molecular weight excluding hydrogens is 815 g/mol. The Labute approximate surface area is 378 Å². The number of aryl methyl sites for hydroxylation is 1. The number of ether oxygens (including phenoxy) is 2. The zero-order chi connectivity index (χ0) is 46.0. The highest BCUT2D eigenvalue weighted by molar-refractivity contribution is 7.80. The lowest BCUT2D eigenvalue weighted by molar-refractivity contribution is -0.143. The van der Waals surface area contributed by atoms with Crippen molar-refractivity contribution in [1.29, 1.82) is 0 Å². The van der Waals surface area contributed by atoms with E-state index < -0.39 is 17.4 Å². The van der Waals surface area contributed by atoms with Crippen LogP contribution in [-0.2, 0) is 4.79 Å². The summed E-state index contributed by atoms with van der Waals surface area (Å²) in [5.74, 6) is -0.662. The first-order chi connectivity index (χ1) is 30.0. The van der Waals surface area contributed by atoms with Crippen molar-refractivity contribution in [1.82, 2.24) is 29.8 Å². The predicted molar refractivity (Wildman–Crippen MR) is 255 cm³/mol. The largest absolute Gasteiger partial charge is 0.496 e. The van der Waals surface area contributed by atoms with Crippen molar-refractivity contribution in [2.45, 2.75) is 77.7 Å². The third kappa shape index (κ3) is 11.5. The Morgan fingerprint density at radius 2 is 1.59 bits per heavy atom. The maximum absolute atomic E-state index is 14.2. The maximum Gasteiger partial charge on any atom is 0.333 e. The summed E-state index contributed by atoms with van der Waals surface area (Å²) in [4.78, 5) is 47.0. The lowest BCUT2D eigenvalue weighted by atomic mass is 9.72. The average Bonchev–Trinajstić information content (AvgIpc) is 3.71. The standard InChI is InChI=1S/C49H65N7O6S/c1-11-35-23-24-49(47(59)60,34(5)29-35)51-45(57)39-31-41(44-42(61-9)15-12-16-43(44)62-10)56(52-39)40-22-19-36(30-38(40)32(2)3)46(58)54(7)27-13-25-53(6)26-14-28-55(8)48(63)50-37-20-17-33(4)18-21-37/h12,15-22,30-32,35H,5,11,13-14,23-29H2,1-4,6-10H3,(H,50,63)(H,51,57)(H,59,60). The number of carbonyl (C=O) groups excluding carboxylic acids is 2. The van der Waals surface area contributed by atoms with Gasteiger partial charge in [-0.1, -0.05) is 57.5 Å². The summed E-state index contributed by atoms with van der Waals surface area (Å²) in [7, 11) is 9.02. The van der Waals surface area contributed by atoms with Gasteiger partial charge in [-0.3, -0.25) is 9.59 Å². The van der Waals surface area contributed by atoms with Crippen LogP contribution in [0.2, 0.25) is 0 Å². The van der Waals surface area contributed by atoms with Gasteiger partial charge in [0.05, 0.1) is 31.2 Å². The van der Waals surface area contributed by atoms with Crippen LogP contribution < -0.4 is 20.1 Å². The molecule has 3 N–H and O–H groups in total. The number of thiocarbonyl (C=S) groups is 1. The molecule has 0 bridgehead atoms. The molecule has 1 aliphatic carbocycles. The number of hydrogen-bond donors (Lipinski definition) is 3. The molecule has 1 heterocycles. The second-order valence-corrected chi connectivity index (χ2v) is 17.4. The molecule has 14 heteroatoms. The van der Waals surface area contributed by atoms with Crippen molar-refractivity contribution in [3.8, 4) is 28.4 Å². The van der Waals surface area contributed by atoms with E-state index >= 15 is 0 Å². The molecule has 1 aliphatic rings. The topological polar surface area (TPSA) is 141 Å². The smallest absolute Gasteiger partial charge is 0.333 e. The Hall–Kier alpha value is -5.73. The van der Waals surface area contributed by atoms with E-state index in [4.69, 9.17) is 26.8 Å². The van der Waals surface area contributed by atoms with Crippen molar-refractivity contribution in [2.75, 3.05) is 66.9 Å². The third-order valence-electron chi connectivity index (χ3n) is 12.1. The fourth-order valence-corrected chi connectivity index (χ4v) is 8.35. The first kappa shape index (κ1) is 48.3. The van der Waals surface area contributed by atoms with E-state index in [-0.39, 0.29) is 23.9 Å². The highest BCUT2D eigenvalue weighted by Gasteiger charge is 2.46. The molecule has 3 aromatic carbocycles. The lowest BCUT2D eigenvalue weighted by Crippen LogP contribution is -2.57. The second-order valence-electron chi connectivity index (χ2n) is 17.0. The number of amides is 2. The molecule has 4 aromatic rings. The van der Waals surface area contributed by atoms with Crippen molar-refractivity contribution >= 4 is 40.8 Å². The normalized spacial score (nSPS) is 16.2. The van der Waals surface area contributed by atoms with Gasteiger partial charge >= 0.3 is 5.97 Å². The second kappa shape index (κ2) is 21.6. The van der Waals surface area contributed by atoms with Crippen LogP contribution in [0.25, 0.3) is 16.9 Å². The number of nitrogens with zero attached hydrogens (tertiary/aromatic N) is 5. The molecule has 338 valence electrons. The SMILES string of the molecule is C=C1CC(CC)CCC1(NC(=O)c1cc(-c2c(OC)cccc2OC)n(-c2ccc(C(=O)N(C)CCCN(C)CCCN(C)C(=S)Nc3ccc(C)cc3)cc2C(C)C)n1)C(=O)O. The van der Waals surface area contributed by atoms with Crippen molar-refractivity contribution in [2.24, 2.45) is 5.92 Å². The van der Waals surface area contributed by atoms with E-state index in [2.05, 4.69) is 60.0 Å².